The Labute approximate surface area is 109 Å². The fourth-order valence-electron chi connectivity index (χ4n) is 1.45. The van der Waals surface area contributed by atoms with Crippen LogP contribution in [0.4, 0.5) is 0 Å². The molecular formula is C13H15BrO3. The molecule has 1 rings (SSSR count). The van der Waals surface area contributed by atoms with E-state index in [1.54, 1.807) is 6.92 Å². The molecule has 0 N–H and O–H groups in total. The van der Waals surface area contributed by atoms with E-state index in [0.717, 1.165) is 16.5 Å². The third-order valence-corrected chi connectivity index (χ3v) is 3.08. The number of benzene rings is 1. The summed E-state index contributed by atoms with van der Waals surface area (Å²) in [5.74, 6) is -1.17. The van der Waals surface area contributed by atoms with Crippen LogP contribution in [0.25, 0.3) is 0 Å². The molecule has 3 nitrogen and oxygen atoms in total. The smallest absolute Gasteiger partial charge is 0.374 e. The first kappa shape index (κ1) is 13.9. The number of Topliss-reactive ketones (excluding diaryl/α,β-unsaturated/α-hetero) is 1. The van der Waals surface area contributed by atoms with E-state index in [2.05, 4.69) is 20.7 Å². The van der Waals surface area contributed by atoms with Gasteiger partial charge in [-0.15, -0.1) is 0 Å². The molecule has 0 radical (unpaired) electrons. The normalized spacial score (nSPS) is 10.0. The van der Waals surface area contributed by atoms with Crippen LogP contribution < -0.4 is 0 Å². The lowest BCUT2D eigenvalue weighted by atomic mass is 10.1. The molecule has 0 amide bonds. The Morgan fingerprint density at radius 2 is 2.00 bits per heavy atom. The Hall–Kier alpha value is -1.16. The van der Waals surface area contributed by atoms with Crippen molar-refractivity contribution in [2.45, 2.75) is 26.2 Å². The summed E-state index contributed by atoms with van der Waals surface area (Å²) in [6.07, 6.45) is 1.66. The van der Waals surface area contributed by atoms with E-state index >= 15 is 0 Å². The molecule has 0 saturated heterocycles. The van der Waals surface area contributed by atoms with E-state index in [1.807, 2.05) is 24.3 Å². The number of hydrogen-bond acceptors (Lipinski definition) is 3. The molecule has 4 heteroatoms. The van der Waals surface area contributed by atoms with E-state index in [-0.39, 0.29) is 13.0 Å². The van der Waals surface area contributed by atoms with E-state index < -0.39 is 11.8 Å². The molecule has 0 fully saturated rings. The predicted molar refractivity (Wildman–Crippen MR) is 68.7 cm³/mol. The van der Waals surface area contributed by atoms with Crippen molar-refractivity contribution in [2.24, 2.45) is 0 Å². The van der Waals surface area contributed by atoms with Gasteiger partial charge in [-0.3, -0.25) is 4.79 Å². The van der Waals surface area contributed by atoms with Gasteiger partial charge in [0.1, 0.15) is 0 Å². The van der Waals surface area contributed by atoms with Crippen LogP contribution in [0.5, 0.6) is 0 Å². The lowest BCUT2D eigenvalue weighted by molar-refractivity contribution is -0.153. The highest BCUT2D eigenvalue weighted by atomic mass is 79.9. The lowest BCUT2D eigenvalue weighted by Gasteiger charge is -2.03. The monoisotopic (exact) mass is 298 g/mol. The Morgan fingerprint density at radius 1 is 1.29 bits per heavy atom. The number of aryl methyl sites for hydroxylation is 1. The number of hydrogen-bond donors (Lipinski definition) is 0. The summed E-state index contributed by atoms with van der Waals surface area (Å²) in [6.45, 7) is 1.93. The summed E-state index contributed by atoms with van der Waals surface area (Å²) in [7, 11) is 0. The minimum absolute atomic E-state index is 0.236. The van der Waals surface area contributed by atoms with Gasteiger partial charge in [-0.25, -0.2) is 4.79 Å². The number of rotatable bonds is 6. The third-order valence-electron chi connectivity index (χ3n) is 2.31. The molecule has 0 aliphatic carbocycles. The Balaban J connectivity index is 2.36. The highest BCUT2D eigenvalue weighted by molar-refractivity contribution is 9.10. The summed E-state index contributed by atoms with van der Waals surface area (Å²) in [5.41, 5.74) is 1.14. The van der Waals surface area contributed by atoms with E-state index in [4.69, 9.17) is 0 Å². The molecule has 1 aromatic rings. The van der Waals surface area contributed by atoms with Crippen LogP contribution in [0.2, 0.25) is 0 Å². The average Bonchev–Trinajstić information content (AvgIpc) is 2.31. The zero-order valence-electron chi connectivity index (χ0n) is 9.74. The molecular weight excluding hydrogens is 284 g/mol. The van der Waals surface area contributed by atoms with Crippen LogP contribution in [0, 0.1) is 0 Å². The molecule has 0 bridgehead atoms. The Kier molecular flexibility index (Phi) is 5.91. The van der Waals surface area contributed by atoms with Gasteiger partial charge in [-0.05, 0) is 31.4 Å². The van der Waals surface area contributed by atoms with Crippen LogP contribution in [0.1, 0.15) is 25.3 Å². The van der Waals surface area contributed by atoms with Crippen LogP contribution in [-0.2, 0) is 20.7 Å². The van der Waals surface area contributed by atoms with Crippen molar-refractivity contribution >= 4 is 27.7 Å². The van der Waals surface area contributed by atoms with Crippen LogP contribution in [0.3, 0.4) is 0 Å². The maximum Gasteiger partial charge on any atom is 0.374 e. The van der Waals surface area contributed by atoms with Crippen molar-refractivity contribution in [1.82, 2.24) is 0 Å². The molecule has 0 aliphatic heterocycles. The van der Waals surface area contributed by atoms with E-state index in [0.29, 0.717) is 6.42 Å². The number of ketones is 1. The number of ether oxygens (including phenoxy) is 1. The van der Waals surface area contributed by atoms with Crippen molar-refractivity contribution < 1.29 is 14.3 Å². The number of carbonyl (C=O) groups excluding carboxylic acids is 2. The maximum atomic E-state index is 11.3. The van der Waals surface area contributed by atoms with Gasteiger partial charge in [0.2, 0.25) is 5.78 Å². The second kappa shape index (κ2) is 7.22. The molecule has 0 aliphatic rings. The largest absolute Gasteiger partial charge is 0.460 e. The Bertz CT molecular complexity index is 401. The molecule has 0 spiro atoms. The first-order chi connectivity index (χ1) is 8.15. The molecule has 0 atom stereocenters. The van der Waals surface area contributed by atoms with Gasteiger partial charge in [0, 0.05) is 10.9 Å². The van der Waals surface area contributed by atoms with Gasteiger partial charge in [0.15, 0.2) is 0 Å². The first-order valence-electron chi connectivity index (χ1n) is 5.58. The number of esters is 1. The van der Waals surface area contributed by atoms with E-state index in [1.165, 1.54) is 0 Å². The number of halogens is 1. The SMILES string of the molecule is CCOC(=O)C(=O)CCCc1ccccc1Br. The molecule has 0 heterocycles. The molecule has 0 unspecified atom stereocenters. The fourth-order valence-corrected chi connectivity index (χ4v) is 1.94. The van der Waals surface area contributed by atoms with Gasteiger partial charge >= 0.3 is 5.97 Å². The zero-order chi connectivity index (χ0) is 12.7. The Morgan fingerprint density at radius 3 is 2.65 bits per heavy atom. The third kappa shape index (κ3) is 4.69. The standard InChI is InChI=1S/C13H15BrO3/c1-2-17-13(16)12(15)9-5-7-10-6-3-4-8-11(10)14/h3-4,6,8H,2,5,7,9H2,1H3. The summed E-state index contributed by atoms with van der Waals surface area (Å²) < 4.78 is 5.66. The highest BCUT2D eigenvalue weighted by Crippen LogP contribution is 2.17. The minimum Gasteiger partial charge on any atom is -0.460 e. The van der Waals surface area contributed by atoms with Gasteiger partial charge in [-0.1, -0.05) is 34.1 Å². The van der Waals surface area contributed by atoms with Crippen molar-refractivity contribution in [3.63, 3.8) is 0 Å². The van der Waals surface area contributed by atoms with Crippen molar-refractivity contribution in [1.29, 1.82) is 0 Å². The lowest BCUT2D eigenvalue weighted by Crippen LogP contribution is -2.17. The fraction of sp³-hybridized carbons (Fsp3) is 0.385. The second-order valence-electron chi connectivity index (χ2n) is 3.59. The topological polar surface area (TPSA) is 43.4 Å². The molecule has 1 aromatic carbocycles. The maximum absolute atomic E-state index is 11.3. The zero-order valence-corrected chi connectivity index (χ0v) is 11.3. The molecule has 92 valence electrons. The van der Waals surface area contributed by atoms with Gasteiger partial charge < -0.3 is 4.74 Å². The van der Waals surface area contributed by atoms with Crippen LogP contribution in [0.15, 0.2) is 28.7 Å². The molecule has 0 saturated carbocycles. The van der Waals surface area contributed by atoms with Crippen LogP contribution in [-0.4, -0.2) is 18.4 Å². The van der Waals surface area contributed by atoms with Gasteiger partial charge in [-0.2, -0.15) is 0 Å². The molecule has 0 aromatic heterocycles. The quantitative estimate of drug-likeness (QED) is 0.599. The van der Waals surface area contributed by atoms with Crippen molar-refractivity contribution in [3.8, 4) is 0 Å². The van der Waals surface area contributed by atoms with Gasteiger partial charge in [0.25, 0.3) is 0 Å². The van der Waals surface area contributed by atoms with Crippen LogP contribution >= 0.6 is 15.9 Å². The summed E-state index contributed by atoms with van der Waals surface area (Å²) in [4.78, 5) is 22.4. The molecule has 17 heavy (non-hydrogen) atoms. The summed E-state index contributed by atoms with van der Waals surface area (Å²) in [5, 5.41) is 0. The second-order valence-corrected chi connectivity index (χ2v) is 4.44. The first-order valence-corrected chi connectivity index (χ1v) is 6.37. The van der Waals surface area contributed by atoms with Gasteiger partial charge in [0.05, 0.1) is 6.61 Å². The number of carbonyl (C=O) groups is 2. The predicted octanol–water partition coefficient (Wildman–Crippen LogP) is 2.90. The van der Waals surface area contributed by atoms with Crippen molar-refractivity contribution in [2.75, 3.05) is 6.61 Å². The van der Waals surface area contributed by atoms with Crippen molar-refractivity contribution in [3.05, 3.63) is 34.3 Å². The summed E-state index contributed by atoms with van der Waals surface area (Å²) >= 11 is 3.44. The van der Waals surface area contributed by atoms with E-state index in [9.17, 15) is 9.59 Å². The average molecular weight is 299 g/mol. The minimum atomic E-state index is -0.723. The summed E-state index contributed by atoms with van der Waals surface area (Å²) in [6, 6.07) is 7.85. The highest BCUT2D eigenvalue weighted by Gasteiger charge is 2.13.